The van der Waals surface area contributed by atoms with E-state index >= 15 is 0 Å². The summed E-state index contributed by atoms with van der Waals surface area (Å²) in [5, 5.41) is 6.73. The smallest absolute Gasteiger partial charge is 0.313 e. The van der Waals surface area contributed by atoms with Crippen molar-refractivity contribution in [2.24, 2.45) is 5.92 Å². The zero-order chi connectivity index (χ0) is 11.1. The van der Waals surface area contributed by atoms with Crippen LogP contribution in [0.4, 0.5) is 11.4 Å². The van der Waals surface area contributed by atoms with Crippen LogP contribution in [0.15, 0.2) is 24.3 Å². The van der Waals surface area contributed by atoms with E-state index in [1.807, 2.05) is 31.2 Å². The first-order valence-electron chi connectivity index (χ1n) is 5.54. The SMILES string of the molecule is CC1Nc2ccccc2NC2COC(=O)C12. The molecule has 3 atom stereocenters. The summed E-state index contributed by atoms with van der Waals surface area (Å²) in [6, 6.07) is 8.18. The number of rotatable bonds is 0. The molecule has 0 saturated carbocycles. The summed E-state index contributed by atoms with van der Waals surface area (Å²) < 4.78 is 5.10. The van der Waals surface area contributed by atoms with Gasteiger partial charge in [-0.1, -0.05) is 12.1 Å². The Kier molecular flexibility index (Phi) is 2.02. The monoisotopic (exact) mass is 218 g/mol. The molecule has 1 fully saturated rings. The number of esters is 1. The van der Waals surface area contributed by atoms with Gasteiger partial charge in [-0.2, -0.15) is 0 Å². The summed E-state index contributed by atoms with van der Waals surface area (Å²) in [5.74, 6) is -0.210. The van der Waals surface area contributed by atoms with Crippen LogP contribution in [-0.4, -0.2) is 24.7 Å². The highest BCUT2D eigenvalue weighted by molar-refractivity contribution is 5.81. The lowest BCUT2D eigenvalue weighted by atomic mass is 9.96. The fraction of sp³-hybridized carbons (Fsp3) is 0.417. The molecule has 0 radical (unpaired) electrons. The summed E-state index contributed by atoms with van der Waals surface area (Å²) >= 11 is 0. The summed E-state index contributed by atoms with van der Waals surface area (Å²) in [4.78, 5) is 11.6. The maximum Gasteiger partial charge on any atom is 0.313 e. The van der Waals surface area contributed by atoms with E-state index < -0.39 is 0 Å². The van der Waals surface area contributed by atoms with E-state index in [0.29, 0.717) is 6.61 Å². The molecule has 0 bridgehead atoms. The molecule has 4 nitrogen and oxygen atoms in total. The van der Waals surface area contributed by atoms with Gasteiger partial charge in [-0.15, -0.1) is 0 Å². The highest BCUT2D eigenvalue weighted by Gasteiger charge is 2.42. The normalized spacial score (nSPS) is 31.6. The fourth-order valence-corrected chi connectivity index (χ4v) is 2.49. The van der Waals surface area contributed by atoms with Gasteiger partial charge < -0.3 is 15.4 Å². The van der Waals surface area contributed by atoms with Gasteiger partial charge in [0.15, 0.2) is 0 Å². The van der Waals surface area contributed by atoms with Crippen LogP contribution >= 0.6 is 0 Å². The topological polar surface area (TPSA) is 50.4 Å². The molecular weight excluding hydrogens is 204 g/mol. The van der Waals surface area contributed by atoms with Crippen LogP contribution in [0.3, 0.4) is 0 Å². The maximum absolute atomic E-state index is 11.6. The number of fused-ring (bicyclic) bond motifs is 2. The minimum atomic E-state index is -0.106. The second-order valence-corrected chi connectivity index (χ2v) is 4.39. The standard InChI is InChI=1S/C12H14N2O2/c1-7-11-10(6-16-12(11)15)14-9-5-3-2-4-8(9)13-7/h2-5,7,10-11,13-14H,6H2,1H3. The largest absolute Gasteiger partial charge is 0.463 e. The van der Waals surface area contributed by atoms with E-state index in [4.69, 9.17) is 4.74 Å². The van der Waals surface area contributed by atoms with E-state index in [-0.39, 0.29) is 24.0 Å². The number of cyclic esters (lactones) is 1. The fourth-order valence-electron chi connectivity index (χ4n) is 2.49. The number of carbonyl (C=O) groups is 1. The first-order valence-corrected chi connectivity index (χ1v) is 5.54. The molecule has 2 aliphatic rings. The lowest BCUT2D eigenvalue weighted by molar-refractivity contribution is -0.141. The number of carbonyl (C=O) groups excluding carboxylic acids is 1. The van der Waals surface area contributed by atoms with Crippen molar-refractivity contribution >= 4 is 17.3 Å². The molecule has 84 valence electrons. The Labute approximate surface area is 94.0 Å². The van der Waals surface area contributed by atoms with Gasteiger partial charge in [0, 0.05) is 6.04 Å². The number of benzene rings is 1. The Morgan fingerprint density at radius 3 is 2.69 bits per heavy atom. The van der Waals surface area contributed by atoms with Crippen molar-refractivity contribution < 1.29 is 9.53 Å². The molecule has 0 aromatic heterocycles. The number of anilines is 2. The van der Waals surface area contributed by atoms with Gasteiger partial charge in [0.05, 0.1) is 17.4 Å². The highest BCUT2D eigenvalue weighted by atomic mass is 16.5. The zero-order valence-electron chi connectivity index (χ0n) is 9.07. The van der Waals surface area contributed by atoms with E-state index in [1.165, 1.54) is 0 Å². The molecule has 3 rings (SSSR count). The average Bonchev–Trinajstić information content (AvgIpc) is 2.56. The van der Waals surface area contributed by atoms with Gasteiger partial charge in [-0.3, -0.25) is 4.79 Å². The Bertz CT molecular complexity index is 433. The molecule has 2 heterocycles. The molecule has 3 unspecified atom stereocenters. The van der Waals surface area contributed by atoms with Gasteiger partial charge in [-0.25, -0.2) is 0 Å². The predicted octanol–water partition coefficient (Wildman–Crippen LogP) is 1.45. The second-order valence-electron chi connectivity index (χ2n) is 4.39. The third kappa shape index (κ3) is 1.33. The Morgan fingerprint density at radius 2 is 1.94 bits per heavy atom. The van der Waals surface area contributed by atoms with Crippen molar-refractivity contribution in [2.45, 2.75) is 19.0 Å². The van der Waals surface area contributed by atoms with Crippen LogP contribution in [0.5, 0.6) is 0 Å². The van der Waals surface area contributed by atoms with Crippen molar-refractivity contribution in [3.8, 4) is 0 Å². The highest BCUT2D eigenvalue weighted by Crippen LogP contribution is 2.33. The van der Waals surface area contributed by atoms with E-state index in [1.54, 1.807) is 0 Å². The average molecular weight is 218 g/mol. The molecule has 2 N–H and O–H groups in total. The number of hydrogen-bond donors (Lipinski definition) is 2. The van der Waals surface area contributed by atoms with Crippen LogP contribution in [-0.2, 0) is 9.53 Å². The number of para-hydroxylation sites is 2. The molecule has 1 saturated heterocycles. The van der Waals surface area contributed by atoms with Crippen LogP contribution in [0.25, 0.3) is 0 Å². The van der Waals surface area contributed by atoms with Gasteiger partial charge >= 0.3 is 5.97 Å². The Morgan fingerprint density at radius 1 is 1.25 bits per heavy atom. The van der Waals surface area contributed by atoms with Crippen LogP contribution in [0, 0.1) is 5.92 Å². The molecule has 1 aromatic carbocycles. The van der Waals surface area contributed by atoms with Crippen molar-refractivity contribution in [1.82, 2.24) is 0 Å². The molecule has 1 aromatic rings. The van der Waals surface area contributed by atoms with Crippen molar-refractivity contribution in [1.29, 1.82) is 0 Å². The zero-order valence-corrected chi connectivity index (χ0v) is 9.07. The second kappa shape index (κ2) is 3.40. The van der Waals surface area contributed by atoms with E-state index in [0.717, 1.165) is 11.4 Å². The lowest BCUT2D eigenvalue weighted by Gasteiger charge is -2.18. The summed E-state index contributed by atoms with van der Waals surface area (Å²) in [6.07, 6.45) is 0. The molecule has 0 spiro atoms. The predicted molar refractivity (Wildman–Crippen MR) is 61.4 cm³/mol. The van der Waals surface area contributed by atoms with E-state index in [9.17, 15) is 4.79 Å². The van der Waals surface area contributed by atoms with E-state index in [2.05, 4.69) is 10.6 Å². The first kappa shape index (κ1) is 9.51. The first-order chi connectivity index (χ1) is 7.75. The lowest BCUT2D eigenvalue weighted by Crippen LogP contribution is -2.37. The molecule has 2 aliphatic heterocycles. The quantitative estimate of drug-likeness (QED) is 0.647. The molecule has 16 heavy (non-hydrogen) atoms. The van der Waals surface area contributed by atoms with Gasteiger partial charge in [-0.05, 0) is 19.1 Å². The minimum absolute atomic E-state index is 0.0821. The maximum atomic E-state index is 11.6. The molecule has 4 heteroatoms. The van der Waals surface area contributed by atoms with Crippen molar-refractivity contribution in [2.75, 3.05) is 17.2 Å². The summed E-state index contributed by atoms with van der Waals surface area (Å²) in [6.45, 7) is 2.48. The van der Waals surface area contributed by atoms with Gasteiger partial charge in [0.25, 0.3) is 0 Å². The third-order valence-electron chi connectivity index (χ3n) is 3.30. The van der Waals surface area contributed by atoms with Crippen LogP contribution < -0.4 is 10.6 Å². The molecule has 0 amide bonds. The van der Waals surface area contributed by atoms with Gasteiger partial charge in [0.1, 0.15) is 12.5 Å². The molecule has 0 aliphatic carbocycles. The Hall–Kier alpha value is -1.71. The third-order valence-corrected chi connectivity index (χ3v) is 3.30. The number of hydrogen-bond acceptors (Lipinski definition) is 4. The molecular formula is C12H14N2O2. The van der Waals surface area contributed by atoms with Crippen LogP contribution in [0.1, 0.15) is 6.92 Å². The minimum Gasteiger partial charge on any atom is -0.463 e. The summed E-state index contributed by atoms with van der Waals surface area (Å²) in [5.41, 5.74) is 2.09. The summed E-state index contributed by atoms with van der Waals surface area (Å²) in [7, 11) is 0. The van der Waals surface area contributed by atoms with Gasteiger partial charge in [0.2, 0.25) is 0 Å². The van der Waals surface area contributed by atoms with Crippen molar-refractivity contribution in [3.05, 3.63) is 24.3 Å². The Balaban J connectivity index is 1.99. The number of ether oxygens (including phenoxy) is 1. The van der Waals surface area contributed by atoms with Crippen molar-refractivity contribution in [3.63, 3.8) is 0 Å². The number of nitrogens with one attached hydrogen (secondary N) is 2. The van der Waals surface area contributed by atoms with Crippen LogP contribution in [0.2, 0.25) is 0 Å².